The molecule has 5 heteroatoms. The molecule has 17 heavy (non-hydrogen) atoms. The van der Waals surface area contributed by atoms with Gasteiger partial charge in [0, 0.05) is 16.5 Å². The Bertz CT molecular complexity index is 529. The van der Waals surface area contributed by atoms with Crippen molar-refractivity contribution in [1.29, 1.82) is 0 Å². The molecule has 1 heterocycles. The van der Waals surface area contributed by atoms with E-state index in [2.05, 4.69) is 0 Å². The molecule has 2 aromatic rings. The molecule has 1 aromatic carbocycles. The summed E-state index contributed by atoms with van der Waals surface area (Å²) in [5.74, 6) is -0.391. The number of hydrogen-bond acceptors (Lipinski definition) is 2. The highest BCUT2D eigenvalue weighted by Crippen LogP contribution is 2.30. The predicted octanol–water partition coefficient (Wildman–Crippen LogP) is 4.00. The fourth-order valence-electron chi connectivity index (χ4n) is 1.40. The lowest BCUT2D eigenvalue weighted by Crippen LogP contribution is -2.07. The number of ketones is 1. The summed E-state index contributed by atoms with van der Waals surface area (Å²) in [6.45, 7) is 0. The van der Waals surface area contributed by atoms with Crippen LogP contribution in [0.3, 0.4) is 0 Å². The second-order valence-corrected chi connectivity index (χ2v) is 4.20. The molecule has 0 spiro atoms. The van der Waals surface area contributed by atoms with Gasteiger partial charge in [-0.2, -0.15) is 24.5 Å². The fourth-order valence-corrected chi connectivity index (χ4v) is 2.03. The summed E-state index contributed by atoms with van der Waals surface area (Å²) in [4.78, 5) is 11.8. The van der Waals surface area contributed by atoms with Crippen LogP contribution in [0.2, 0.25) is 0 Å². The summed E-state index contributed by atoms with van der Waals surface area (Å²) < 4.78 is 37.4. The molecule has 1 nitrogen and oxygen atoms in total. The third-order valence-electron chi connectivity index (χ3n) is 2.24. The largest absolute Gasteiger partial charge is 0.416 e. The van der Waals surface area contributed by atoms with E-state index in [1.54, 1.807) is 16.8 Å². The van der Waals surface area contributed by atoms with Crippen molar-refractivity contribution in [2.75, 3.05) is 0 Å². The summed E-state index contributed by atoms with van der Waals surface area (Å²) in [5, 5.41) is 3.32. The smallest absolute Gasteiger partial charge is 0.289 e. The van der Waals surface area contributed by atoms with Crippen LogP contribution in [0.5, 0.6) is 0 Å². The first-order valence-electron chi connectivity index (χ1n) is 4.72. The van der Waals surface area contributed by atoms with E-state index in [0.29, 0.717) is 5.56 Å². The molecule has 88 valence electrons. The lowest BCUT2D eigenvalue weighted by atomic mass is 10.0. The van der Waals surface area contributed by atoms with Crippen LogP contribution in [-0.2, 0) is 6.18 Å². The molecule has 1 aromatic heterocycles. The van der Waals surface area contributed by atoms with Gasteiger partial charge >= 0.3 is 6.18 Å². The lowest BCUT2D eigenvalue weighted by Gasteiger charge is -2.07. The summed E-state index contributed by atoms with van der Waals surface area (Å²) in [6.07, 6.45) is -4.43. The Hall–Kier alpha value is -1.62. The van der Waals surface area contributed by atoms with Gasteiger partial charge in [0.2, 0.25) is 0 Å². The zero-order valence-corrected chi connectivity index (χ0v) is 9.31. The molecule has 0 bridgehead atoms. The van der Waals surface area contributed by atoms with Crippen LogP contribution >= 0.6 is 11.3 Å². The average Bonchev–Trinajstić information content (AvgIpc) is 2.80. The molecule has 0 aliphatic heterocycles. The first-order chi connectivity index (χ1) is 7.98. The highest BCUT2D eigenvalue weighted by atomic mass is 32.1. The molecule has 0 aliphatic rings. The standard InChI is InChI=1S/C12H7F3OS/c13-12(14,15)10-3-1-2-8(6-10)11(16)9-4-5-17-7-9/h1-7H. The minimum absolute atomic E-state index is 0.0539. The maximum absolute atomic E-state index is 12.5. The molecule has 0 saturated heterocycles. The fraction of sp³-hybridized carbons (Fsp3) is 0.0833. The van der Waals surface area contributed by atoms with Gasteiger partial charge in [0.15, 0.2) is 5.78 Å². The van der Waals surface area contributed by atoms with Crippen LogP contribution in [-0.4, -0.2) is 5.78 Å². The van der Waals surface area contributed by atoms with Crippen LogP contribution in [0.25, 0.3) is 0 Å². The third kappa shape index (κ3) is 2.55. The molecular weight excluding hydrogens is 249 g/mol. The highest BCUT2D eigenvalue weighted by molar-refractivity contribution is 7.08. The van der Waals surface area contributed by atoms with Crippen molar-refractivity contribution in [1.82, 2.24) is 0 Å². The third-order valence-corrected chi connectivity index (χ3v) is 2.92. The van der Waals surface area contributed by atoms with E-state index < -0.39 is 17.5 Å². The number of carbonyl (C=O) groups excluding carboxylic acids is 1. The maximum atomic E-state index is 12.5. The van der Waals surface area contributed by atoms with Gasteiger partial charge in [-0.05, 0) is 23.6 Å². The highest BCUT2D eigenvalue weighted by Gasteiger charge is 2.30. The van der Waals surface area contributed by atoms with E-state index in [0.717, 1.165) is 12.1 Å². The number of carbonyl (C=O) groups is 1. The quantitative estimate of drug-likeness (QED) is 0.742. The molecule has 0 aliphatic carbocycles. The molecule has 0 unspecified atom stereocenters. The Morgan fingerprint density at radius 3 is 2.47 bits per heavy atom. The van der Waals surface area contributed by atoms with Gasteiger partial charge in [-0.1, -0.05) is 12.1 Å². The van der Waals surface area contributed by atoms with Crippen LogP contribution in [0.4, 0.5) is 13.2 Å². The summed E-state index contributed by atoms with van der Waals surface area (Å²) >= 11 is 1.33. The molecule has 0 N–H and O–H groups in total. The molecule has 0 amide bonds. The molecular formula is C12H7F3OS. The monoisotopic (exact) mass is 256 g/mol. The first kappa shape index (κ1) is 11.9. The van der Waals surface area contributed by atoms with Gasteiger partial charge in [-0.3, -0.25) is 4.79 Å². The van der Waals surface area contributed by atoms with Crippen molar-refractivity contribution < 1.29 is 18.0 Å². The predicted molar refractivity (Wildman–Crippen MR) is 59.2 cm³/mol. The Labute approximate surface area is 99.5 Å². The number of benzene rings is 1. The summed E-state index contributed by atoms with van der Waals surface area (Å²) in [5.41, 5.74) is -0.342. The van der Waals surface area contributed by atoms with Crippen LogP contribution in [0.1, 0.15) is 21.5 Å². The van der Waals surface area contributed by atoms with Gasteiger partial charge in [0.1, 0.15) is 0 Å². The van der Waals surface area contributed by atoms with E-state index in [9.17, 15) is 18.0 Å². The van der Waals surface area contributed by atoms with Crippen molar-refractivity contribution in [3.63, 3.8) is 0 Å². The lowest BCUT2D eigenvalue weighted by molar-refractivity contribution is -0.137. The van der Waals surface area contributed by atoms with Crippen molar-refractivity contribution >= 4 is 17.1 Å². The van der Waals surface area contributed by atoms with Gasteiger partial charge < -0.3 is 0 Å². The summed E-state index contributed by atoms with van der Waals surface area (Å²) in [6, 6.07) is 6.04. The van der Waals surface area contributed by atoms with E-state index in [4.69, 9.17) is 0 Å². The van der Waals surface area contributed by atoms with Gasteiger partial charge in [-0.15, -0.1) is 0 Å². The number of hydrogen-bond donors (Lipinski definition) is 0. The van der Waals surface area contributed by atoms with Crippen LogP contribution in [0.15, 0.2) is 41.1 Å². The minimum Gasteiger partial charge on any atom is -0.289 e. The van der Waals surface area contributed by atoms with Crippen LogP contribution in [0, 0.1) is 0 Å². The van der Waals surface area contributed by atoms with Gasteiger partial charge in [0.25, 0.3) is 0 Å². The Kier molecular flexibility index (Phi) is 3.02. The second-order valence-electron chi connectivity index (χ2n) is 3.42. The van der Waals surface area contributed by atoms with Gasteiger partial charge in [-0.25, -0.2) is 0 Å². The molecule has 0 atom stereocenters. The maximum Gasteiger partial charge on any atom is 0.416 e. The number of alkyl halides is 3. The Morgan fingerprint density at radius 2 is 1.88 bits per heavy atom. The average molecular weight is 256 g/mol. The zero-order chi connectivity index (χ0) is 12.5. The Morgan fingerprint density at radius 1 is 1.12 bits per heavy atom. The first-order valence-corrected chi connectivity index (χ1v) is 5.67. The molecule has 0 radical (unpaired) electrons. The van der Waals surface area contributed by atoms with E-state index in [1.165, 1.54) is 23.5 Å². The van der Waals surface area contributed by atoms with Crippen molar-refractivity contribution in [3.05, 3.63) is 57.8 Å². The van der Waals surface area contributed by atoms with E-state index >= 15 is 0 Å². The second kappa shape index (κ2) is 4.33. The number of thiophene rings is 1. The topological polar surface area (TPSA) is 17.1 Å². The minimum atomic E-state index is -4.43. The van der Waals surface area contributed by atoms with Gasteiger partial charge in [0.05, 0.1) is 5.56 Å². The van der Waals surface area contributed by atoms with E-state index in [-0.39, 0.29) is 5.56 Å². The van der Waals surface area contributed by atoms with Crippen molar-refractivity contribution in [2.24, 2.45) is 0 Å². The van der Waals surface area contributed by atoms with Crippen molar-refractivity contribution in [3.8, 4) is 0 Å². The van der Waals surface area contributed by atoms with E-state index in [1.807, 2.05) is 0 Å². The normalized spacial score (nSPS) is 11.5. The molecule has 0 fully saturated rings. The van der Waals surface area contributed by atoms with Crippen molar-refractivity contribution in [2.45, 2.75) is 6.18 Å². The zero-order valence-electron chi connectivity index (χ0n) is 8.49. The van der Waals surface area contributed by atoms with Crippen LogP contribution < -0.4 is 0 Å². The number of halogens is 3. The molecule has 0 saturated carbocycles. The molecule has 2 rings (SSSR count). The Balaban J connectivity index is 2.38. The number of rotatable bonds is 2. The summed E-state index contributed by atoms with van der Waals surface area (Å²) in [7, 11) is 0. The SMILES string of the molecule is O=C(c1ccsc1)c1cccc(C(F)(F)F)c1.